The van der Waals surface area contributed by atoms with Crippen molar-refractivity contribution < 1.29 is 0 Å². The minimum atomic E-state index is -1.19. The SMILES string of the molecule is C[C@@H]1CCC[C@@H]1C[Si](C)(C)c1ccccc1. The molecule has 0 spiro atoms. The van der Waals surface area contributed by atoms with Crippen molar-refractivity contribution in [2.75, 3.05) is 0 Å². The molecule has 2 rings (SSSR count). The summed E-state index contributed by atoms with van der Waals surface area (Å²) in [5.74, 6) is 1.97. The molecule has 1 aromatic rings. The second kappa shape index (κ2) is 4.75. The van der Waals surface area contributed by atoms with Crippen LogP contribution in [0.15, 0.2) is 30.3 Å². The van der Waals surface area contributed by atoms with Gasteiger partial charge >= 0.3 is 0 Å². The maximum Gasteiger partial charge on any atom is 0.0809 e. The minimum absolute atomic E-state index is 0.968. The van der Waals surface area contributed by atoms with Gasteiger partial charge in [0.05, 0.1) is 8.07 Å². The third kappa shape index (κ3) is 2.57. The molecule has 0 unspecified atom stereocenters. The summed E-state index contributed by atoms with van der Waals surface area (Å²) in [6.45, 7) is 7.52. The average molecular weight is 232 g/mol. The first-order chi connectivity index (χ1) is 7.59. The molecule has 1 aliphatic rings. The Labute approximate surface area is 101 Å². The summed E-state index contributed by atoms with van der Waals surface area (Å²) in [7, 11) is -1.19. The Kier molecular flexibility index (Phi) is 3.53. The van der Waals surface area contributed by atoms with E-state index in [4.69, 9.17) is 0 Å². The van der Waals surface area contributed by atoms with Crippen LogP contribution in [0.4, 0.5) is 0 Å². The predicted octanol–water partition coefficient (Wildman–Crippen LogP) is 4.04. The van der Waals surface area contributed by atoms with Gasteiger partial charge < -0.3 is 0 Å². The zero-order valence-electron chi connectivity index (χ0n) is 10.9. The molecule has 0 saturated heterocycles. The largest absolute Gasteiger partial charge is 0.0809 e. The van der Waals surface area contributed by atoms with Crippen LogP contribution in [0.3, 0.4) is 0 Å². The molecule has 1 fully saturated rings. The van der Waals surface area contributed by atoms with E-state index in [0.717, 1.165) is 11.8 Å². The molecule has 0 aromatic heterocycles. The van der Waals surface area contributed by atoms with Crippen molar-refractivity contribution in [2.24, 2.45) is 11.8 Å². The highest BCUT2D eigenvalue weighted by Crippen LogP contribution is 2.36. The van der Waals surface area contributed by atoms with Crippen molar-refractivity contribution in [3.8, 4) is 0 Å². The fraction of sp³-hybridized carbons (Fsp3) is 0.600. The summed E-state index contributed by atoms with van der Waals surface area (Å²) in [5.41, 5.74) is 0. The van der Waals surface area contributed by atoms with Gasteiger partial charge in [0.15, 0.2) is 0 Å². The van der Waals surface area contributed by atoms with Crippen molar-refractivity contribution in [2.45, 2.75) is 45.3 Å². The zero-order chi connectivity index (χ0) is 11.6. The number of hydrogen-bond donors (Lipinski definition) is 0. The molecule has 0 heterocycles. The van der Waals surface area contributed by atoms with Crippen LogP contribution in [0.25, 0.3) is 0 Å². The van der Waals surface area contributed by atoms with Gasteiger partial charge in [-0.3, -0.25) is 0 Å². The van der Waals surface area contributed by atoms with Crippen LogP contribution in [0.5, 0.6) is 0 Å². The first kappa shape index (κ1) is 11.9. The van der Waals surface area contributed by atoms with Crippen molar-refractivity contribution in [3.05, 3.63) is 30.3 Å². The molecule has 0 radical (unpaired) electrons. The molecule has 1 aromatic carbocycles. The van der Waals surface area contributed by atoms with Gasteiger partial charge in [-0.25, -0.2) is 0 Å². The molecule has 1 saturated carbocycles. The molecular formula is C15H24Si. The number of hydrogen-bond acceptors (Lipinski definition) is 0. The van der Waals surface area contributed by atoms with Gasteiger partial charge in [0.25, 0.3) is 0 Å². The van der Waals surface area contributed by atoms with Crippen LogP contribution in [0, 0.1) is 11.8 Å². The Balaban J connectivity index is 2.08. The fourth-order valence-electron chi connectivity index (χ4n) is 3.19. The van der Waals surface area contributed by atoms with E-state index < -0.39 is 8.07 Å². The molecule has 1 heteroatoms. The van der Waals surface area contributed by atoms with Crippen LogP contribution < -0.4 is 5.19 Å². The summed E-state index contributed by atoms with van der Waals surface area (Å²) in [5, 5.41) is 1.63. The van der Waals surface area contributed by atoms with Crippen molar-refractivity contribution in [1.29, 1.82) is 0 Å². The lowest BCUT2D eigenvalue weighted by atomic mass is 10.0. The molecule has 0 aliphatic heterocycles. The van der Waals surface area contributed by atoms with Crippen molar-refractivity contribution >= 4 is 13.3 Å². The van der Waals surface area contributed by atoms with Gasteiger partial charge in [-0.1, -0.05) is 80.8 Å². The molecule has 16 heavy (non-hydrogen) atoms. The van der Waals surface area contributed by atoms with E-state index in [0.29, 0.717) is 0 Å². The molecule has 0 amide bonds. The number of rotatable bonds is 3. The summed E-state index contributed by atoms with van der Waals surface area (Å²) in [6, 6.07) is 12.7. The zero-order valence-corrected chi connectivity index (χ0v) is 11.9. The highest BCUT2D eigenvalue weighted by molar-refractivity contribution is 6.89. The fourth-order valence-corrected chi connectivity index (χ4v) is 6.44. The quantitative estimate of drug-likeness (QED) is 0.690. The van der Waals surface area contributed by atoms with E-state index in [1.807, 2.05) is 0 Å². The molecular weight excluding hydrogens is 208 g/mol. The van der Waals surface area contributed by atoms with Crippen molar-refractivity contribution in [1.82, 2.24) is 0 Å². The second-order valence-electron chi connectivity index (χ2n) is 6.12. The predicted molar refractivity (Wildman–Crippen MR) is 74.9 cm³/mol. The Morgan fingerprint density at radius 1 is 1.12 bits per heavy atom. The number of benzene rings is 1. The second-order valence-corrected chi connectivity index (χ2v) is 10.9. The molecule has 0 bridgehead atoms. The lowest BCUT2D eigenvalue weighted by molar-refractivity contribution is 0.452. The Hall–Kier alpha value is -0.563. The lowest BCUT2D eigenvalue weighted by Gasteiger charge is -2.28. The third-order valence-corrected chi connectivity index (χ3v) is 7.81. The van der Waals surface area contributed by atoms with Crippen LogP contribution in [0.1, 0.15) is 26.2 Å². The molecule has 88 valence electrons. The van der Waals surface area contributed by atoms with Crippen LogP contribution in [0.2, 0.25) is 19.1 Å². The van der Waals surface area contributed by atoms with Gasteiger partial charge in [-0.05, 0) is 11.8 Å². The van der Waals surface area contributed by atoms with Crippen LogP contribution >= 0.6 is 0 Å². The summed E-state index contributed by atoms with van der Waals surface area (Å²) in [6.07, 6.45) is 4.40. The maximum absolute atomic E-state index is 2.54. The lowest BCUT2D eigenvalue weighted by Crippen LogP contribution is -2.43. The Bertz CT molecular complexity index is 329. The van der Waals surface area contributed by atoms with Crippen molar-refractivity contribution in [3.63, 3.8) is 0 Å². The molecule has 0 nitrogen and oxygen atoms in total. The molecule has 2 atom stereocenters. The third-order valence-electron chi connectivity index (χ3n) is 4.37. The van der Waals surface area contributed by atoms with Gasteiger partial charge in [-0.15, -0.1) is 0 Å². The smallest absolute Gasteiger partial charge is 0.0654 e. The Morgan fingerprint density at radius 2 is 1.81 bits per heavy atom. The van der Waals surface area contributed by atoms with Crippen LogP contribution in [-0.2, 0) is 0 Å². The summed E-state index contributed by atoms with van der Waals surface area (Å²) in [4.78, 5) is 0. The van der Waals surface area contributed by atoms with E-state index >= 15 is 0 Å². The van der Waals surface area contributed by atoms with E-state index in [9.17, 15) is 0 Å². The topological polar surface area (TPSA) is 0 Å². The van der Waals surface area contributed by atoms with Gasteiger partial charge in [0.2, 0.25) is 0 Å². The summed E-state index contributed by atoms with van der Waals surface area (Å²) >= 11 is 0. The minimum Gasteiger partial charge on any atom is -0.0654 e. The van der Waals surface area contributed by atoms with E-state index in [1.165, 1.54) is 25.3 Å². The highest BCUT2D eigenvalue weighted by Gasteiger charge is 2.32. The highest BCUT2D eigenvalue weighted by atomic mass is 28.3. The first-order valence-electron chi connectivity index (χ1n) is 6.65. The Morgan fingerprint density at radius 3 is 2.38 bits per heavy atom. The van der Waals surface area contributed by atoms with E-state index in [1.54, 1.807) is 5.19 Å². The van der Waals surface area contributed by atoms with E-state index in [2.05, 4.69) is 50.3 Å². The standard InChI is InChI=1S/C15H24Si/c1-13-8-7-9-14(13)12-16(2,3)15-10-5-4-6-11-15/h4-6,10-11,13-14H,7-9,12H2,1-3H3/t13-,14-/m1/s1. The van der Waals surface area contributed by atoms with Gasteiger partial charge in [0, 0.05) is 0 Å². The monoisotopic (exact) mass is 232 g/mol. The van der Waals surface area contributed by atoms with E-state index in [-0.39, 0.29) is 0 Å². The first-order valence-corrected chi connectivity index (χ1v) is 9.86. The molecule has 1 aliphatic carbocycles. The molecule has 0 N–H and O–H groups in total. The normalized spacial score (nSPS) is 25.9. The average Bonchev–Trinajstić information content (AvgIpc) is 2.65. The maximum atomic E-state index is 2.54. The van der Waals surface area contributed by atoms with Gasteiger partial charge in [-0.2, -0.15) is 0 Å². The van der Waals surface area contributed by atoms with Crippen LogP contribution in [-0.4, -0.2) is 8.07 Å². The summed E-state index contributed by atoms with van der Waals surface area (Å²) < 4.78 is 0. The van der Waals surface area contributed by atoms with Gasteiger partial charge in [0.1, 0.15) is 0 Å².